The van der Waals surface area contributed by atoms with Crippen LogP contribution in [-0.2, 0) is 0 Å². The third-order valence-electron chi connectivity index (χ3n) is 5.57. The first kappa shape index (κ1) is 18.2. The number of aromatic nitrogens is 3. The maximum absolute atomic E-state index is 9.59. The number of H-pyrrole nitrogens is 1. The molecule has 1 aliphatic rings. The average molecular weight is 405 g/mol. The van der Waals surface area contributed by atoms with Crippen LogP contribution in [0.4, 0.5) is 5.95 Å². The Hall–Kier alpha value is -2.89. The molecule has 0 amide bonds. The van der Waals surface area contributed by atoms with Crippen LogP contribution in [0.25, 0.3) is 33.4 Å². The summed E-state index contributed by atoms with van der Waals surface area (Å²) in [5.74, 6) is 0.833. The van der Waals surface area contributed by atoms with Gasteiger partial charge in [0.05, 0.1) is 29.4 Å². The first-order valence-electron chi connectivity index (χ1n) is 9.81. The van der Waals surface area contributed by atoms with Gasteiger partial charge in [0.25, 0.3) is 0 Å². The van der Waals surface area contributed by atoms with E-state index in [0.717, 1.165) is 63.8 Å². The molecule has 1 fully saturated rings. The first-order valence-corrected chi connectivity index (χ1v) is 10.2. The fourth-order valence-electron chi connectivity index (χ4n) is 3.97. The van der Waals surface area contributed by atoms with E-state index in [1.54, 1.807) is 0 Å². The van der Waals surface area contributed by atoms with Crippen molar-refractivity contribution in [2.75, 3.05) is 18.1 Å². The third-order valence-corrected chi connectivity index (χ3v) is 5.82. The van der Waals surface area contributed by atoms with E-state index in [1.807, 2.05) is 42.6 Å². The normalized spacial score (nSPS) is 16.6. The molecule has 29 heavy (non-hydrogen) atoms. The van der Waals surface area contributed by atoms with Crippen LogP contribution in [0.3, 0.4) is 0 Å². The summed E-state index contributed by atoms with van der Waals surface area (Å²) in [5.41, 5.74) is 5.97. The van der Waals surface area contributed by atoms with Crippen molar-refractivity contribution in [3.63, 3.8) is 0 Å². The summed E-state index contributed by atoms with van der Waals surface area (Å²) >= 11 is 5.97. The molecular weight excluding hydrogens is 384 g/mol. The quantitative estimate of drug-likeness (QED) is 0.507. The van der Waals surface area contributed by atoms with Crippen LogP contribution in [0.5, 0.6) is 0 Å². The second-order valence-corrected chi connectivity index (χ2v) is 7.84. The molecule has 0 bridgehead atoms. The molecule has 6 heteroatoms. The molecule has 2 N–H and O–H groups in total. The van der Waals surface area contributed by atoms with Crippen LogP contribution in [-0.4, -0.2) is 39.3 Å². The van der Waals surface area contributed by atoms with E-state index in [0.29, 0.717) is 0 Å². The molecule has 0 aliphatic carbocycles. The van der Waals surface area contributed by atoms with Crippen molar-refractivity contribution < 1.29 is 5.11 Å². The van der Waals surface area contributed by atoms with Crippen LogP contribution in [0.2, 0.25) is 5.02 Å². The number of pyridine rings is 1. The van der Waals surface area contributed by atoms with Crippen LogP contribution < -0.4 is 4.90 Å². The minimum atomic E-state index is 0.150. The van der Waals surface area contributed by atoms with E-state index in [1.165, 1.54) is 0 Å². The van der Waals surface area contributed by atoms with Gasteiger partial charge < -0.3 is 15.0 Å². The largest absolute Gasteiger partial charge is 0.394 e. The van der Waals surface area contributed by atoms with E-state index < -0.39 is 0 Å². The molecule has 5 nitrogen and oxygen atoms in total. The Morgan fingerprint density at radius 3 is 2.59 bits per heavy atom. The van der Waals surface area contributed by atoms with Gasteiger partial charge >= 0.3 is 0 Å². The monoisotopic (exact) mass is 404 g/mol. The molecule has 3 heterocycles. The average Bonchev–Trinajstić information content (AvgIpc) is 3.40. The highest BCUT2D eigenvalue weighted by Crippen LogP contribution is 2.29. The molecule has 0 radical (unpaired) electrons. The summed E-state index contributed by atoms with van der Waals surface area (Å²) in [6, 6.07) is 18.2. The summed E-state index contributed by atoms with van der Waals surface area (Å²) in [7, 11) is 0. The second-order valence-electron chi connectivity index (χ2n) is 7.40. The van der Waals surface area contributed by atoms with Crippen molar-refractivity contribution in [1.29, 1.82) is 0 Å². The van der Waals surface area contributed by atoms with Gasteiger partial charge in [-0.3, -0.25) is 4.98 Å². The molecule has 1 saturated heterocycles. The van der Waals surface area contributed by atoms with E-state index >= 15 is 0 Å². The second kappa shape index (κ2) is 7.50. The lowest BCUT2D eigenvalue weighted by Crippen LogP contribution is -2.32. The van der Waals surface area contributed by atoms with E-state index in [-0.39, 0.29) is 12.6 Å². The van der Waals surface area contributed by atoms with Crippen LogP contribution >= 0.6 is 11.6 Å². The number of hydrogen-bond acceptors (Lipinski definition) is 4. The van der Waals surface area contributed by atoms with Gasteiger partial charge in [-0.15, -0.1) is 0 Å². The number of hydrogen-bond donors (Lipinski definition) is 2. The number of aromatic amines is 1. The predicted molar refractivity (Wildman–Crippen MR) is 117 cm³/mol. The number of aliphatic hydroxyl groups is 1. The lowest BCUT2D eigenvalue weighted by molar-refractivity contribution is 0.265. The highest BCUT2D eigenvalue weighted by Gasteiger charge is 2.26. The number of rotatable bonds is 4. The Bertz CT molecular complexity index is 1140. The summed E-state index contributed by atoms with van der Waals surface area (Å²) in [5, 5.41) is 10.3. The number of nitrogens with one attached hydrogen (secondary N) is 1. The smallest absolute Gasteiger partial charge is 0.204 e. The van der Waals surface area contributed by atoms with Gasteiger partial charge in [0, 0.05) is 28.9 Å². The molecule has 4 aromatic rings. The van der Waals surface area contributed by atoms with E-state index in [9.17, 15) is 5.11 Å². The van der Waals surface area contributed by atoms with Crippen molar-refractivity contribution in [2.24, 2.45) is 0 Å². The minimum absolute atomic E-state index is 0.150. The molecule has 146 valence electrons. The number of halogens is 1. The molecular formula is C23H21ClN4O. The van der Waals surface area contributed by atoms with Gasteiger partial charge in [-0.25, -0.2) is 4.98 Å². The van der Waals surface area contributed by atoms with Gasteiger partial charge in [0.2, 0.25) is 5.95 Å². The van der Waals surface area contributed by atoms with Gasteiger partial charge in [-0.1, -0.05) is 35.9 Å². The van der Waals surface area contributed by atoms with Crippen LogP contribution in [0.15, 0.2) is 60.8 Å². The maximum Gasteiger partial charge on any atom is 0.204 e. The minimum Gasteiger partial charge on any atom is -0.394 e. The molecule has 5 rings (SSSR count). The van der Waals surface area contributed by atoms with Crippen molar-refractivity contribution in [1.82, 2.24) is 15.0 Å². The van der Waals surface area contributed by atoms with Crippen molar-refractivity contribution in [3.8, 4) is 22.4 Å². The van der Waals surface area contributed by atoms with Crippen molar-refractivity contribution >= 4 is 28.6 Å². The Balaban J connectivity index is 1.43. The molecule has 1 aliphatic heterocycles. The van der Waals surface area contributed by atoms with Gasteiger partial charge in [-0.05, 0) is 48.7 Å². The number of nitrogens with zero attached hydrogens (tertiary/aromatic N) is 3. The fourth-order valence-corrected chi connectivity index (χ4v) is 4.10. The standard InChI is InChI=1S/C23H21ClN4O/c24-18-7-3-15(4-8-18)17-6-9-20(25-13-17)16-5-10-21-22(12-16)27-23(26-21)28-11-1-2-19(28)14-29/h3-10,12-13,19,29H,1-2,11,14H2,(H,26,27). The molecule has 1 atom stereocenters. The molecule has 0 spiro atoms. The first-order chi connectivity index (χ1) is 14.2. The van der Waals surface area contributed by atoms with E-state index in [4.69, 9.17) is 16.6 Å². The molecule has 2 aromatic carbocycles. The summed E-state index contributed by atoms with van der Waals surface area (Å²) in [6.45, 7) is 1.08. The van der Waals surface area contributed by atoms with Gasteiger partial charge in [0.15, 0.2) is 0 Å². The maximum atomic E-state index is 9.59. The lowest BCUT2D eigenvalue weighted by Gasteiger charge is -2.21. The zero-order valence-electron chi connectivity index (χ0n) is 15.8. The van der Waals surface area contributed by atoms with Crippen molar-refractivity contribution in [2.45, 2.75) is 18.9 Å². The Labute approximate surface area is 174 Å². The van der Waals surface area contributed by atoms with Gasteiger partial charge in [0.1, 0.15) is 0 Å². The third kappa shape index (κ3) is 3.48. The summed E-state index contributed by atoms with van der Waals surface area (Å²) in [4.78, 5) is 15.0. The zero-order chi connectivity index (χ0) is 19.8. The SMILES string of the molecule is OCC1CCCN1c1nc2cc(-c3ccc(-c4ccc(Cl)cc4)cn3)ccc2[nH]1. The number of benzene rings is 2. The lowest BCUT2D eigenvalue weighted by atomic mass is 10.1. The number of fused-ring (bicyclic) bond motifs is 1. The van der Waals surface area contributed by atoms with Crippen LogP contribution in [0, 0.1) is 0 Å². The topological polar surface area (TPSA) is 65.0 Å². The number of aliphatic hydroxyl groups excluding tert-OH is 1. The van der Waals surface area contributed by atoms with E-state index in [2.05, 4.69) is 33.1 Å². The fraction of sp³-hybridized carbons (Fsp3) is 0.217. The molecule has 1 unspecified atom stereocenters. The Kier molecular flexibility index (Phi) is 4.70. The number of imidazole rings is 1. The summed E-state index contributed by atoms with van der Waals surface area (Å²) < 4.78 is 0. The van der Waals surface area contributed by atoms with Gasteiger partial charge in [-0.2, -0.15) is 0 Å². The van der Waals surface area contributed by atoms with Crippen molar-refractivity contribution in [3.05, 3.63) is 65.8 Å². The highest BCUT2D eigenvalue weighted by molar-refractivity contribution is 6.30. The highest BCUT2D eigenvalue weighted by atomic mass is 35.5. The van der Waals surface area contributed by atoms with Crippen LogP contribution in [0.1, 0.15) is 12.8 Å². The number of anilines is 1. The Morgan fingerprint density at radius 1 is 1.03 bits per heavy atom. The summed E-state index contributed by atoms with van der Waals surface area (Å²) in [6.07, 6.45) is 3.97. The zero-order valence-corrected chi connectivity index (χ0v) is 16.6. The predicted octanol–water partition coefficient (Wildman–Crippen LogP) is 4.91. The Morgan fingerprint density at radius 2 is 1.83 bits per heavy atom. The molecule has 0 saturated carbocycles. The molecule has 2 aromatic heterocycles.